The Morgan fingerprint density at radius 2 is 2.04 bits per heavy atom. The quantitative estimate of drug-likeness (QED) is 0.910. The number of hydrogen-bond acceptors (Lipinski definition) is 4. The second-order valence-electron chi connectivity index (χ2n) is 6.46. The van der Waals surface area contributed by atoms with Crippen LogP contribution in [-0.2, 0) is 11.3 Å². The molecule has 2 aliphatic heterocycles. The first-order valence-corrected chi connectivity index (χ1v) is 8.61. The van der Waals surface area contributed by atoms with E-state index in [1.54, 1.807) is 7.11 Å². The van der Waals surface area contributed by atoms with Crippen molar-refractivity contribution in [3.05, 3.63) is 29.8 Å². The summed E-state index contributed by atoms with van der Waals surface area (Å²) in [5.74, 6) is 1.47. The number of rotatable bonds is 4. The highest BCUT2D eigenvalue weighted by atomic mass is 16.5. The molecule has 0 saturated carbocycles. The normalized spacial score (nSPS) is 22.8. The molecule has 2 fully saturated rings. The summed E-state index contributed by atoms with van der Waals surface area (Å²) in [6.45, 7) is 6.33. The standard InChI is InChI=1S/C18H27N3O2/c1-23-17-7-3-2-5-16(17)14-20-9-11-21(12-10-20)18(22)15-6-4-8-19-13-15/h2-3,5,7,15,19H,4,6,8-14H2,1H3. The van der Waals surface area contributed by atoms with E-state index in [1.165, 1.54) is 5.56 Å². The Morgan fingerprint density at radius 1 is 1.26 bits per heavy atom. The molecule has 0 bridgehead atoms. The third-order valence-electron chi connectivity index (χ3n) is 4.92. The van der Waals surface area contributed by atoms with Crippen molar-refractivity contribution >= 4 is 5.91 Å². The number of piperidine rings is 1. The van der Waals surface area contributed by atoms with Gasteiger partial charge in [-0.2, -0.15) is 0 Å². The monoisotopic (exact) mass is 317 g/mol. The molecular weight excluding hydrogens is 290 g/mol. The number of para-hydroxylation sites is 1. The number of piperazine rings is 1. The molecule has 0 radical (unpaired) electrons. The summed E-state index contributed by atoms with van der Waals surface area (Å²) in [4.78, 5) is 17.0. The van der Waals surface area contributed by atoms with Crippen LogP contribution in [0.15, 0.2) is 24.3 Å². The van der Waals surface area contributed by atoms with Crippen LogP contribution in [0, 0.1) is 5.92 Å². The van der Waals surface area contributed by atoms with Crippen molar-refractivity contribution in [1.29, 1.82) is 0 Å². The summed E-state index contributed by atoms with van der Waals surface area (Å²) >= 11 is 0. The third kappa shape index (κ3) is 4.03. The van der Waals surface area contributed by atoms with Crippen LogP contribution in [-0.4, -0.2) is 62.1 Å². The lowest BCUT2D eigenvalue weighted by molar-refractivity contribution is -0.137. The summed E-state index contributed by atoms with van der Waals surface area (Å²) in [5.41, 5.74) is 1.21. The maximum atomic E-state index is 12.6. The molecule has 1 aromatic rings. The molecule has 1 N–H and O–H groups in total. The molecule has 2 heterocycles. The van der Waals surface area contributed by atoms with Gasteiger partial charge in [0.15, 0.2) is 0 Å². The third-order valence-corrected chi connectivity index (χ3v) is 4.92. The van der Waals surface area contributed by atoms with Crippen LogP contribution >= 0.6 is 0 Å². The van der Waals surface area contributed by atoms with Crippen LogP contribution in [0.3, 0.4) is 0 Å². The van der Waals surface area contributed by atoms with E-state index in [4.69, 9.17) is 4.74 Å². The predicted molar refractivity (Wildman–Crippen MR) is 90.4 cm³/mol. The van der Waals surface area contributed by atoms with Gasteiger partial charge in [-0.15, -0.1) is 0 Å². The maximum Gasteiger partial charge on any atom is 0.227 e. The Hall–Kier alpha value is -1.59. The first-order valence-electron chi connectivity index (χ1n) is 8.61. The van der Waals surface area contributed by atoms with E-state index in [1.807, 2.05) is 18.2 Å². The van der Waals surface area contributed by atoms with Gasteiger partial charge < -0.3 is 15.0 Å². The van der Waals surface area contributed by atoms with Crippen LogP contribution in [0.4, 0.5) is 0 Å². The molecule has 1 amide bonds. The molecule has 0 spiro atoms. The molecule has 0 aromatic heterocycles. The van der Waals surface area contributed by atoms with Crippen LogP contribution < -0.4 is 10.1 Å². The number of methoxy groups -OCH3 is 1. The van der Waals surface area contributed by atoms with Gasteiger partial charge in [-0.05, 0) is 25.5 Å². The Kier molecular flexibility index (Phi) is 5.51. The number of carbonyl (C=O) groups excluding carboxylic acids is 1. The summed E-state index contributed by atoms with van der Waals surface area (Å²) in [6, 6.07) is 8.17. The Balaban J connectivity index is 1.51. The van der Waals surface area contributed by atoms with Gasteiger partial charge in [-0.3, -0.25) is 9.69 Å². The number of hydrogen-bond donors (Lipinski definition) is 1. The van der Waals surface area contributed by atoms with Crippen LogP contribution in [0.5, 0.6) is 5.75 Å². The molecule has 2 aliphatic rings. The number of nitrogens with zero attached hydrogens (tertiary/aromatic N) is 2. The molecule has 3 rings (SSSR count). The van der Waals surface area contributed by atoms with Crippen molar-refractivity contribution < 1.29 is 9.53 Å². The zero-order valence-electron chi connectivity index (χ0n) is 14.0. The average Bonchev–Trinajstić information content (AvgIpc) is 2.63. The van der Waals surface area contributed by atoms with Gasteiger partial charge >= 0.3 is 0 Å². The lowest BCUT2D eigenvalue weighted by atomic mass is 9.98. The molecule has 0 aliphatic carbocycles. The van der Waals surface area contributed by atoms with Crippen molar-refractivity contribution in [2.24, 2.45) is 5.92 Å². The Labute approximate surface area is 138 Å². The van der Waals surface area contributed by atoms with E-state index in [0.29, 0.717) is 5.91 Å². The number of benzene rings is 1. The molecular formula is C18H27N3O2. The zero-order valence-corrected chi connectivity index (χ0v) is 14.0. The van der Waals surface area contributed by atoms with E-state index in [2.05, 4.69) is 21.2 Å². The smallest absolute Gasteiger partial charge is 0.227 e. The van der Waals surface area contributed by atoms with Crippen molar-refractivity contribution in [2.45, 2.75) is 19.4 Å². The van der Waals surface area contributed by atoms with E-state index < -0.39 is 0 Å². The number of carbonyl (C=O) groups is 1. The Morgan fingerprint density at radius 3 is 2.74 bits per heavy atom. The van der Waals surface area contributed by atoms with Gasteiger partial charge in [0.1, 0.15) is 5.75 Å². The fourth-order valence-corrected chi connectivity index (χ4v) is 3.52. The van der Waals surface area contributed by atoms with Gasteiger partial charge in [0, 0.05) is 44.8 Å². The summed E-state index contributed by atoms with van der Waals surface area (Å²) in [6.07, 6.45) is 2.15. The summed E-state index contributed by atoms with van der Waals surface area (Å²) < 4.78 is 5.43. The average molecular weight is 317 g/mol. The molecule has 1 atom stereocenters. The topological polar surface area (TPSA) is 44.8 Å². The summed E-state index contributed by atoms with van der Waals surface area (Å²) in [5, 5.41) is 3.34. The SMILES string of the molecule is COc1ccccc1CN1CCN(C(=O)C2CCCNC2)CC1. The second kappa shape index (κ2) is 7.79. The van der Waals surface area contributed by atoms with Gasteiger partial charge in [0.05, 0.1) is 13.0 Å². The highest BCUT2D eigenvalue weighted by Gasteiger charge is 2.28. The predicted octanol–water partition coefficient (Wildman–Crippen LogP) is 1.34. The molecule has 5 heteroatoms. The molecule has 5 nitrogen and oxygen atoms in total. The van der Waals surface area contributed by atoms with Crippen LogP contribution in [0.2, 0.25) is 0 Å². The van der Waals surface area contributed by atoms with E-state index in [0.717, 1.165) is 64.4 Å². The fourth-order valence-electron chi connectivity index (χ4n) is 3.52. The Bertz CT molecular complexity index is 521. The van der Waals surface area contributed by atoms with Gasteiger partial charge in [-0.25, -0.2) is 0 Å². The molecule has 1 unspecified atom stereocenters. The van der Waals surface area contributed by atoms with Gasteiger partial charge in [0.25, 0.3) is 0 Å². The van der Waals surface area contributed by atoms with Crippen LogP contribution in [0.25, 0.3) is 0 Å². The largest absolute Gasteiger partial charge is 0.496 e. The lowest BCUT2D eigenvalue weighted by Crippen LogP contribution is -2.51. The van der Waals surface area contributed by atoms with Crippen molar-refractivity contribution in [3.63, 3.8) is 0 Å². The molecule has 126 valence electrons. The number of nitrogens with one attached hydrogen (secondary N) is 1. The van der Waals surface area contributed by atoms with E-state index in [-0.39, 0.29) is 5.92 Å². The van der Waals surface area contributed by atoms with Crippen molar-refractivity contribution in [3.8, 4) is 5.75 Å². The first-order chi connectivity index (χ1) is 11.3. The maximum absolute atomic E-state index is 12.6. The van der Waals surface area contributed by atoms with Crippen LogP contribution in [0.1, 0.15) is 18.4 Å². The minimum Gasteiger partial charge on any atom is -0.496 e. The van der Waals surface area contributed by atoms with Crippen molar-refractivity contribution in [2.75, 3.05) is 46.4 Å². The minimum absolute atomic E-state index is 0.185. The first kappa shape index (κ1) is 16.3. The molecule has 23 heavy (non-hydrogen) atoms. The highest BCUT2D eigenvalue weighted by molar-refractivity contribution is 5.79. The summed E-state index contributed by atoms with van der Waals surface area (Å²) in [7, 11) is 1.72. The fraction of sp³-hybridized carbons (Fsp3) is 0.611. The number of amides is 1. The highest BCUT2D eigenvalue weighted by Crippen LogP contribution is 2.21. The van der Waals surface area contributed by atoms with E-state index in [9.17, 15) is 4.79 Å². The molecule has 1 aromatic carbocycles. The minimum atomic E-state index is 0.185. The lowest BCUT2D eigenvalue weighted by Gasteiger charge is -2.37. The zero-order chi connectivity index (χ0) is 16.1. The van der Waals surface area contributed by atoms with E-state index >= 15 is 0 Å². The number of ether oxygens (including phenoxy) is 1. The van der Waals surface area contributed by atoms with Gasteiger partial charge in [-0.1, -0.05) is 18.2 Å². The van der Waals surface area contributed by atoms with Crippen molar-refractivity contribution in [1.82, 2.24) is 15.1 Å². The van der Waals surface area contributed by atoms with Gasteiger partial charge in [0.2, 0.25) is 5.91 Å². The molecule has 2 saturated heterocycles. The second-order valence-corrected chi connectivity index (χ2v) is 6.46.